The van der Waals surface area contributed by atoms with Gasteiger partial charge in [-0.1, -0.05) is 101 Å². The Labute approximate surface area is 201 Å². The van der Waals surface area contributed by atoms with Crippen LogP contribution in [0, 0.1) is 10.5 Å². The summed E-state index contributed by atoms with van der Waals surface area (Å²) in [6.07, 6.45) is 10.6. The van der Waals surface area contributed by atoms with Gasteiger partial charge in [-0.25, -0.2) is 4.39 Å². The van der Waals surface area contributed by atoms with Crippen LogP contribution in [0.5, 0.6) is 0 Å². The van der Waals surface area contributed by atoms with E-state index in [1.807, 2.05) is 25.1 Å². The van der Waals surface area contributed by atoms with Crippen molar-refractivity contribution >= 4 is 34.0 Å². The number of fused-ring (bicyclic) bond motifs is 3. The monoisotopic (exact) mass is 460 g/mol. The zero-order chi connectivity index (χ0) is 23.2. The van der Waals surface area contributed by atoms with E-state index >= 15 is 0 Å². The second-order valence-corrected chi connectivity index (χ2v) is 9.40. The molecule has 4 aromatic rings. The molecule has 1 nitrogen and oxygen atoms in total. The van der Waals surface area contributed by atoms with Crippen LogP contribution < -0.4 is 0 Å². The summed E-state index contributed by atoms with van der Waals surface area (Å²) in [5, 5.41) is 2.57. The third-order valence-electron chi connectivity index (χ3n) is 6.53. The number of hydrogen-bond donors (Lipinski definition) is 0. The lowest BCUT2D eigenvalue weighted by atomic mass is 9.97. The molecule has 0 radical (unpaired) electrons. The minimum atomic E-state index is -0.285. The zero-order valence-corrected chi connectivity index (χ0v) is 20.6. The van der Waals surface area contributed by atoms with Crippen LogP contribution in [0.2, 0.25) is 0 Å². The van der Waals surface area contributed by atoms with Crippen molar-refractivity contribution < 1.29 is 8.81 Å². The van der Waals surface area contributed by atoms with Crippen molar-refractivity contribution in [1.82, 2.24) is 0 Å². The molecule has 0 fully saturated rings. The van der Waals surface area contributed by atoms with Gasteiger partial charge in [0.15, 0.2) is 16.1 Å². The van der Waals surface area contributed by atoms with Gasteiger partial charge >= 0.3 is 0 Å². The van der Waals surface area contributed by atoms with E-state index in [0.717, 1.165) is 40.1 Å². The molecule has 0 amide bonds. The lowest BCUT2D eigenvalue weighted by molar-refractivity contribution is 0.538. The SMILES string of the molecule is CCCCCCCCc1ccc(-c2ccc3c(c2)c(=S)oc2c(F)c(CCC)ccc23)cc1. The van der Waals surface area contributed by atoms with Crippen LogP contribution in [0.1, 0.15) is 69.9 Å². The highest BCUT2D eigenvalue weighted by molar-refractivity contribution is 7.71. The molecule has 4 rings (SSSR count). The maximum atomic E-state index is 15.0. The summed E-state index contributed by atoms with van der Waals surface area (Å²) in [4.78, 5) is 0. The maximum Gasteiger partial charge on any atom is 0.198 e. The predicted octanol–water partition coefficient (Wildman–Crippen LogP) is 9.98. The number of hydrogen-bond acceptors (Lipinski definition) is 2. The summed E-state index contributed by atoms with van der Waals surface area (Å²) in [5.41, 5.74) is 4.59. The highest BCUT2D eigenvalue weighted by Crippen LogP contribution is 2.33. The first kappa shape index (κ1) is 23.6. The molecule has 33 heavy (non-hydrogen) atoms. The summed E-state index contributed by atoms with van der Waals surface area (Å²) in [6.45, 7) is 4.30. The van der Waals surface area contributed by atoms with Crippen molar-refractivity contribution in [3.05, 3.63) is 76.2 Å². The van der Waals surface area contributed by atoms with Crippen molar-refractivity contribution in [3.63, 3.8) is 0 Å². The third kappa shape index (κ3) is 5.35. The van der Waals surface area contributed by atoms with Crippen molar-refractivity contribution in [2.45, 2.75) is 71.6 Å². The van der Waals surface area contributed by atoms with E-state index in [4.69, 9.17) is 16.6 Å². The average Bonchev–Trinajstić information content (AvgIpc) is 2.84. The van der Waals surface area contributed by atoms with Crippen LogP contribution in [-0.2, 0) is 12.8 Å². The molecule has 0 atom stereocenters. The first-order valence-electron chi connectivity index (χ1n) is 12.4. The second kappa shape index (κ2) is 11.1. The molecule has 0 bridgehead atoms. The minimum Gasteiger partial charge on any atom is -0.441 e. The summed E-state index contributed by atoms with van der Waals surface area (Å²) < 4.78 is 21.1. The molecule has 0 aliphatic carbocycles. The van der Waals surface area contributed by atoms with Crippen LogP contribution in [0.3, 0.4) is 0 Å². The molecule has 1 aromatic heterocycles. The average molecular weight is 461 g/mol. The Morgan fingerprint density at radius 2 is 1.39 bits per heavy atom. The van der Waals surface area contributed by atoms with Gasteiger partial charge in [-0.15, -0.1) is 0 Å². The summed E-state index contributed by atoms with van der Waals surface area (Å²) in [6, 6.07) is 18.9. The fraction of sp³-hybridized carbons (Fsp3) is 0.367. The largest absolute Gasteiger partial charge is 0.441 e. The standard InChI is InChI=1S/C30H33FOS/c1-3-5-6-7-8-9-11-21-12-14-22(15-13-21)24-17-18-25-26-19-16-23(10-4-2)28(31)29(26)32-30(33)27(25)20-24/h12-20H,3-11H2,1-2H3. The van der Waals surface area contributed by atoms with E-state index in [-0.39, 0.29) is 11.4 Å². The Morgan fingerprint density at radius 3 is 2.15 bits per heavy atom. The molecule has 3 aromatic carbocycles. The predicted molar refractivity (Wildman–Crippen MR) is 141 cm³/mol. The lowest BCUT2D eigenvalue weighted by Crippen LogP contribution is -1.92. The molecule has 0 unspecified atom stereocenters. The van der Waals surface area contributed by atoms with Gasteiger partial charge in [-0.2, -0.15) is 0 Å². The van der Waals surface area contributed by atoms with Gasteiger partial charge in [0.2, 0.25) is 0 Å². The van der Waals surface area contributed by atoms with Gasteiger partial charge < -0.3 is 4.42 Å². The fourth-order valence-electron chi connectivity index (χ4n) is 4.62. The van der Waals surface area contributed by atoms with E-state index in [9.17, 15) is 4.39 Å². The maximum absolute atomic E-state index is 15.0. The molecule has 1 heterocycles. The number of benzene rings is 3. The number of halogens is 1. The third-order valence-corrected chi connectivity index (χ3v) is 6.83. The lowest BCUT2D eigenvalue weighted by Gasteiger charge is -2.10. The van der Waals surface area contributed by atoms with Crippen LogP contribution in [0.15, 0.2) is 59.0 Å². The minimum absolute atomic E-state index is 0.269. The Morgan fingerprint density at radius 1 is 0.697 bits per heavy atom. The Bertz CT molecular complexity index is 1290. The summed E-state index contributed by atoms with van der Waals surface area (Å²) >= 11 is 5.53. The fourth-order valence-corrected chi connectivity index (χ4v) is 4.87. The normalized spacial score (nSPS) is 11.5. The van der Waals surface area contributed by atoms with Gasteiger partial charge in [-0.05, 0) is 65.2 Å². The van der Waals surface area contributed by atoms with E-state index in [2.05, 4.69) is 43.3 Å². The topological polar surface area (TPSA) is 13.1 Å². The van der Waals surface area contributed by atoms with Crippen LogP contribution >= 0.6 is 12.2 Å². The number of rotatable bonds is 10. The molecule has 0 aliphatic heterocycles. The van der Waals surface area contributed by atoms with Crippen molar-refractivity contribution in [1.29, 1.82) is 0 Å². The smallest absolute Gasteiger partial charge is 0.198 e. The quantitative estimate of drug-likeness (QED) is 0.133. The molecule has 0 spiro atoms. The van der Waals surface area contributed by atoms with Crippen molar-refractivity contribution in [3.8, 4) is 11.1 Å². The van der Waals surface area contributed by atoms with E-state index in [1.54, 1.807) is 0 Å². The molecule has 0 N–H and O–H groups in total. The molecule has 3 heteroatoms. The first-order chi connectivity index (χ1) is 16.1. The highest BCUT2D eigenvalue weighted by Gasteiger charge is 2.14. The van der Waals surface area contributed by atoms with E-state index < -0.39 is 0 Å². The van der Waals surface area contributed by atoms with Gasteiger partial charge in [0, 0.05) is 10.8 Å². The number of aryl methyl sites for hydroxylation is 2. The molecular formula is C30H33FOS. The Hall–Kier alpha value is -2.52. The van der Waals surface area contributed by atoms with E-state index in [0.29, 0.717) is 16.7 Å². The van der Waals surface area contributed by atoms with Gasteiger partial charge in [0.1, 0.15) is 0 Å². The van der Waals surface area contributed by atoms with Crippen LogP contribution in [0.4, 0.5) is 4.39 Å². The Kier molecular flexibility index (Phi) is 7.93. The van der Waals surface area contributed by atoms with Crippen molar-refractivity contribution in [2.24, 2.45) is 0 Å². The van der Waals surface area contributed by atoms with Crippen LogP contribution in [0.25, 0.3) is 32.9 Å². The molecule has 0 aliphatic rings. The van der Waals surface area contributed by atoms with Gasteiger partial charge in [-0.3, -0.25) is 0 Å². The molecule has 0 saturated carbocycles. The highest BCUT2D eigenvalue weighted by atomic mass is 32.1. The summed E-state index contributed by atoms with van der Waals surface area (Å²) in [7, 11) is 0. The molecule has 0 saturated heterocycles. The van der Waals surface area contributed by atoms with Gasteiger partial charge in [0.25, 0.3) is 0 Å². The Balaban J connectivity index is 1.57. The first-order valence-corrected chi connectivity index (χ1v) is 12.8. The van der Waals surface area contributed by atoms with Crippen LogP contribution in [-0.4, -0.2) is 0 Å². The van der Waals surface area contributed by atoms with E-state index in [1.165, 1.54) is 44.1 Å². The molecular weight excluding hydrogens is 427 g/mol. The van der Waals surface area contributed by atoms with Crippen molar-refractivity contribution in [2.75, 3.05) is 0 Å². The zero-order valence-electron chi connectivity index (χ0n) is 19.8. The van der Waals surface area contributed by atoms with Gasteiger partial charge in [0.05, 0.1) is 0 Å². The summed E-state index contributed by atoms with van der Waals surface area (Å²) in [5.74, 6) is -0.285. The molecule has 172 valence electrons. The second-order valence-electron chi connectivity index (χ2n) is 9.03. The number of unbranched alkanes of at least 4 members (excludes halogenated alkanes) is 5.